The number of halogens is 5. The van der Waals surface area contributed by atoms with Gasteiger partial charge in [-0.1, -0.05) is 24.3 Å². The molecule has 0 aromatic heterocycles. The maximum atomic E-state index is 12.4. The topological polar surface area (TPSA) is 68.5 Å². The molecule has 5 nitrogen and oxygen atoms in total. The predicted molar refractivity (Wildman–Crippen MR) is 107 cm³/mol. The molecule has 2 N–H and O–H groups in total. The van der Waals surface area contributed by atoms with Gasteiger partial charge in [0.2, 0.25) is 0 Å². The monoisotopic (exact) mass is 449 g/mol. The molecule has 0 spiro atoms. The van der Waals surface area contributed by atoms with E-state index in [-0.39, 0.29) is 47.9 Å². The highest BCUT2D eigenvalue weighted by atomic mass is 35.5. The number of nitrogens with zero attached hydrogens (tertiary/aromatic N) is 2. The molecule has 0 unspecified atom stereocenters. The van der Waals surface area contributed by atoms with E-state index in [2.05, 4.69) is 15.0 Å². The van der Waals surface area contributed by atoms with Gasteiger partial charge in [0.05, 0.1) is 11.6 Å². The van der Waals surface area contributed by atoms with Crippen LogP contribution >= 0.6 is 24.8 Å². The van der Waals surface area contributed by atoms with Crippen LogP contribution in [0.15, 0.2) is 42.5 Å². The first-order chi connectivity index (χ1) is 12.9. The zero-order valence-electron chi connectivity index (χ0n) is 15.1. The highest BCUT2D eigenvalue weighted by molar-refractivity contribution is 5.85. The van der Waals surface area contributed by atoms with Gasteiger partial charge < -0.3 is 15.2 Å². The molecular weight excluding hydrogens is 430 g/mol. The van der Waals surface area contributed by atoms with Crippen molar-refractivity contribution in [2.24, 2.45) is 0 Å². The third-order valence-electron chi connectivity index (χ3n) is 4.43. The number of nitrogens with one attached hydrogen (secondary N) is 1. The quantitative estimate of drug-likeness (QED) is 0.737. The minimum absolute atomic E-state index is 0. The van der Waals surface area contributed by atoms with Gasteiger partial charge in [0.1, 0.15) is 17.6 Å². The maximum Gasteiger partial charge on any atom is 0.573 e. The standard InChI is InChI=1S/C19H18F3N3O2.2ClH/c20-19(21,22)27-15-6-4-13(5-7-15)17(25-10-8-24-9-11-25)16-3-1-2-14(12-23)18(16)26;;/h1-7,17,24,26H,8-11H2;2*1H/t17-;;/m1../s1. The number of phenols is 1. The van der Waals surface area contributed by atoms with Crippen LogP contribution in [0.1, 0.15) is 22.7 Å². The molecule has 1 atom stereocenters. The second-order valence-electron chi connectivity index (χ2n) is 6.16. The molecule has 0 bridgehead atoms. The molecule has 158 valence electrons. The van der Waals surface area contributed by atoms with E-state index in [1.807, 2.05) is 6.07 Å². The van der Waals surface area contributed by atoms with Crippen molar-refractivity contribution in [3.63, 3.8) is 0 Å². The van der Waals surface area contributed by atoms with Gasteiger partial charge in [-0.25, -0.2) is 0 Å². The number of hydrogen-bond donors (Lipinski definition) is 2. The number of benzene rings is 2. The Morgan fingerprint density at radius 2 is 1.69 bits per heavy atom. The van der Waals surface area contributed by atoms with Gasteiger partial charge in [0.25, 0.3) is 0 Å². The average Bonchev–Trinajstić information content (AvgIpc) is 2.64. The van der Waals surface area contributed by atoms with Crippen LogP contribution in [0.2, 0.25) is 0 Å². The number of rotatable bonds is 4. The fourth-order valence-corrected chi connectivity index (χ4v) is 3.25. The first-order valence-corrected chi connectivity index (χ1v) is 8.41. The first kappa shape index (κ1) is 24.9. The second-order valence-corrected chi connectivity index (χ2v) is 6.16. The number of phenolic OH excluding ortho intramolecular Hbond substituents is 1. The summed E-state index contributed by atoms with van der Waals surface area (Å²) < 4.78 is 41.1. The third-order valence-corrected chi connectivity index (χ3v) is 4.43. The van der Waals surface area contributed by atoms with Crippen molar-refractivity contribution in [3.05, 3.63) is 59.2 Å². The third kappa shape index (κ3) is 6.15. The van der Waals surface area contributed by atoms with E-state index in [1.165, 1.54) is 18.2 Å². The Hall–Kier alpha value is -2.18. The number of piperazine rings is 1. The molecule has 0 saturated carbocycles. The van der Waals surface area contributed by atoms with E-state index in [0.29, 0.717) is 24.2 Å². The summed E-state index contributed by atoms with van der Waals surface area (Å²) >= 11 is 0. The summed E-state index contributed by atoms with van der Waals surface area (Å²) in [5.74, 6) is -0.417. The fraction of sp³-hybridized carbons (Fsp3) is 0.316. The summed E-state index contributed by atoms with van der Waals surface area (Å²) in [6.07, 6.45) is -4.75. The lowest BCUT2D eigenvalue weighted by molar-refractivity contribution is -0.274. The summed E-state index contributed by atoms with van der Waals surface area (Å²) in [5.41, 5.74) is 1.40. The summed E-state index contributed by atoms with van der Waals surface area (Å²) in [6.45, 7) is 2.90. The summed E-state index contributed by atoms with van der Waals surface area (Å²) in [4.78, 5) is 2.12. The molecule has 10 heteroatoms. The lowest BCUT2D eigenvalue weighted by Gasteiger charge is -2.36. The van der Waals surface area contributed by atoms with Crippen molar-refractivity contribution >= 4 is 24.8 Å². The molecule has 1 heterocycles. The SMILES string of the molecule is Cl.Cl.N#Cc1cccc([C@@H](c2ccc(OC(F)(F)F)cc2)N2CCNCC2)c1O. The minimum Gasteiger partial charge on any atom is -0.506 e. The van der Waals surface area contributed by atoms with E-state index in [9.17, 15) is 23.5 Å². The van der Waals surface area contributed by atoms with Gasteiger partial charge in [0.15, 0.2) is 0 Å². The molecule has 29 heavy (non-hydrogen) atoms. The minimum atomic E-state index is -4.75. The second kappa shape index (κ2) is 10.6. The van der Waals surface area contributed by atoms with Crippen molar-refractivity contribution in [2.75, 3.05) is 26.2 Å². The smallest absolute Gasteiger partial charge is 0.506 e. The molecule has 3 rings (SSSR count). The first-order valence-electron chi connectivity index (χ1n) is 8.41. The largest absolute Gasteiger partial charge is 0.573 e. The lowest BCUT2D eigenvalue weighted by Crippen LogP contribution is -2.45. The van der Waals surface area contributed by atoms with E-state index < -0.39 is 6.36 Å². The summed E-state index contributed by atoms with van der Waals surface area (Å²) in [5, 5.41) is 23.0. The van der Waals surface area contributed by atoms with Crippen LogP contribution in [-0.2, 0) is 0 Å². The summed E-state index contributed by atoms with van der Waals surface area (Å²) in [7, 11) is 0. The fourth-order valence-electron chi connectivity index (χ4n) is 3.25. The van der Waals surface area contributed by atoms with Gasteiger partial charge >= 0.3 is 6.36 Å². The number of alkyl halides is 3. The number of nitriles is 1. The Bertz CT molecular complexity index is 836. The van der Waals surface area contributed by atoms with Gasteiger partial charge in [-0.05, 0) is 23.8 Å². The Kier molecular flexibility index (Phi) is 9.05. The Morgan fingerprint density at radius 3 is 2.24 bits per heavy atom. The van der Waals surface area contributed by atoms with Crippen LogP contribution in [0.4, 0.5) is 13.2 Å². The van der Waals surface area contributed by atoms with Crippen LogP contribution in [0, 0.1) is 11.3 Å². The predicted octanol–water partition coefficient (Wildman–Crippen LogP) is 4.00. The molecule has 1 fully saturated rings. The van der Waals surface area contributed by atoms with Gasteiger partial charge in [-0.3, -0.25) is 4.90 Å². The molecule has 2 aromatic rings. The van der Waals surface area contributed by atoms with E-state index in [0.717, 1.165) is 13.1 Å². The zero-order valence-corrected chi connectivity index (χ0v) is 16.8. The molecule has 1 saturated heterocycles. The molecule has 1 aliphatic rings. The van der Waals surface area contributed by atoms with Crippen LogP contribution in [0.25, 0.3) is 0 Å². The molecule has 0 radical (unpaired) electrons. The van der Waals surface area contributed by atoms with Crippen LogP contribution in [-0.4, -0.2) is 42.5 Å². The number of aromatic hydroxyl groups is 1. The van der Waals surface area contributed by atoms with Gasteiger partial charge in [-0.15, -0.1) is 38.0 Å². The van der Waals surface area contributed by atoms with Crippen molar-refractivity contribution in [1.82, 2.24) is 10.2 Å². The van der Waals surface area contributed by atoms with Gasteiger partial charge in [0, 0.05) is 31.7 Å². The van der Waals surface area contributed by atoms with Crippen molar-refractivity contribution in [1.29, 1.82) is 5.26 Å². The van der Waals surface area contributed by atoms with E-state index in [4.69, 9.17) is 0 Å². The van der Waals surface area contributed by atoms with Crippen molar-refractivity contribution < 1.29 is 23.0 Å². The maximum absolute atomic E-state index is 12.4. The van der Waals surface area contributed by atoms with Crippen LogP contribution < -0.4 is 10.1 Å². The normalized spacial score (nSPS) is 15.4. The van der Waals surface area contributed by atoms with Crippen LogP contribution in [0.5, 0.6) is 11.5 Å². The van der Waals surface area contributed by atoms with Crippen molar-refractivity contribution in [2.45, 2.75) is 12.4 Å². The Morgan fingerprint density at radius 1 is 1.07 bits per heavy atom. The number of hydrogen-bond acceptors (Lipinski definition) is 5. The molecule has 2 aromatic carbocycles. The van der Waals surface area contributed by atoms with E-state index >= 15 is 0 Å². The molecule has 0 amide bonds. The number of para-hydroxylation sites is 1. The highest BCUT2D eigenvalue weighted by Crippen LogP contribution is 2.37. The van der Waals surface area contributed by atoms with E-state index in [1.54, 1.807) is 24.3 Å². The Balaban J connectivity index is 0.00000210. The highest BCUT2D eigenvalue weighted by Gasteiger charge is 2.31. The molecular formula is C19H20Cl2F3N3O2. The zero-order chi connectivity index (χ0) is 19.4. The van der Waals surface area contributed by atoms with Crippen molar-refractivity contribution in [3.8, 4) is 17.6 Å². The Labute approximate surface area is 178 Å². The molecule has 0 aliphatic carbocycles. The average molecular weight is 450 g/mol. The summed E-state index contributed by atoms with van der Waals surface area (Å²) in [6, 6.07) is 12.1. The number of ether oxygens (including phenoxy) is 1. The molecule has 1 aliphatic heterocycles. The lowest BCUT2D eigenvalue weighted by atomic mass is 9.94. The van der Waals surface area contributed by atoms with Crippen LogP contribution in [0.3, 0.4) is 0 Å². The van der Waals surface area contributed by atoms with Gasteiger partial charge in [-0.2, -0.15) is 5.26 Å².